The lowest BCUT2D eigenvalue weighted by Gasteiger charge is -2.07. The van der Waals surface area contributed by atoms with Crippen LogP contribution >= 0.6 is 15.9 Å². The lowest BCUT2D eigenvalue weighted by molar-refractivity contribution is -0.528. The number of allylic oxidation sites excluding steroid dienone is 4. The summed E-state index contributed by atoms with van der Waals surface area (Å²) in [4.78, 5) is 0. The van der Waals surface area contributed by atoms with E-state index in [9.17, 15) is 8.78 Å². The van der Waals surface area contributed by atoms with Crippen molar-refractivity contribution in [2.24, 2.45) is 5.92 Å². The van der Waals surface area contributed by atoms with Gasteiger partial charge in [0, 0.05) is 22.6 Å². The van der Waals surface area contributed by atoms with Gasteiger partial charge in [0.15, 0.2) is 6.17 Å². The molecule has 1 unspecified atom stereocenters. The molecule has 0 radical (unpaired) electrons. The molecular formula is C13H15BrF2N3+. The zero-order chi connectivity index (χ0) is 14.2. The third-order valence-electron chi connectivity index (χ3n) is 2.75. The molecule has 0 saturated carbocycles. The Balaban J connectivity index is 2.68. The van der Waals surface area contributed by atoms with Gasteiger partial charge in [0.1, 0.15) is 12.4 Å². The summed E-state index contributed by atoms with van der Waals surface area (Å²) in [7, 11) is 0. The molecule has 0 bridgehead atoms. The first-order chi connectivity index (χ1) is 8.90. The third kappa shape index (κ3) is 2.83. The van der Waals surface area contributed by atoms with E-state index >= 15 is 0 Å². The van der Waals surface area contributed by atoms with Crippen LogP contribution in [-0.2, 0) is 6.54 Å². The van der Waals surface area contributed by atoms with Gasteiger partial charge < -0.3 is 0 Å². The van der Waals surface area contributed by atoms with Gasteiger partial charge >= 0.3 is 4.73 Å². The van der Waals surface area contributed by atoms with Gasteiger partial charge in [0.25, 0.3) is 5.48 Å². The Morgan fingerprint density at radius 3 is 2.79 bits per heavy atom. The fraction of sp³-hybridized carbons (Fsp3) is 0.385. The average molecular weight is 331 g/mol. The molecule has 0 N–H and O–H groups in total. The minimum atomic E-state index is -1.49. The van der Waals surface area contributed by atoms with Crippen molar-refractivity contribution in [3.8, 4) is 0 Å². The predicted octanol–water partition coefficient (Wildman–Crippen LogP) is 2.14. The smallest absolute Gasteiger partial charge is 0.237 e. The highest BCUT2D eigenvalue weighted by molar-refractivity contribution is 9.10. The highest BCUT2D eigenvalue weighted by atomic mass is 79.9. The largest absolute Gasteiger partial charge is 0.348 e. The number of rotatable bonds is 2. The lowest BCUT2D eigenvalue weighted by atomic mass is 10.1. The zero-order valence-corrected chi connectivity index (χ0v) is 12.4. The van der Waals surface area contributed by atoms with Crippen LogP contribution in [-0.4, -0.2) is 16.0 Å². The molecule has 1 aromatic heterocycles. The monoisotopic (exact) mass is 330 g/mol. The van der Waals surface area contributed by atoms with E-state index in [1.165, 1.54) is 16.4 Å². The van der Waals surface area contributed by atoms with Crippen molar-refractivity contribution >= 4 is 21.5 Å². The van der Waals surface area contributed by atoms with Gasteiger partial charge in [0.05, 0.1) is 10.7 Å². The number of hydrogen-bond donors (Lipinski definition) is 0. The molecule has 0 saturated heterocycles. The molecule has 0 spiro atoms. The SMILES string of the molecule is C=[n+]1c(Br)nn(CC(C)C)/c1=C1/C=CC(F)=CC1F. The Hall–Kier alpha value is -1.30. The van der Waals surface area contributed by atoms with Crippen LogP contribution in [0.1, 0.15) is 13.8 Å². The van der Waals surface area contributed by atoms with Crippen molar-refractivity contribution in [3.63, 3.8) is 0 Å². The van der Waals surface area contributed by atoms with Crippen LogP contribution in [0.4, 0.5) is 8.78 Å². The Bertz CT molecular complexity index is 658. The summed E-state index contributed by atoms with van der Waals surface area (Å²) in [5.41, 5.74) is 0.892. The number of aromatic nitrogens is 3. The van der Waals surface area contributed by atoms with E-state index < -0.39 is 12.0 Å². The number of hydrogen-bond acceptors (Lipinski definition) is 1. The molecule has 0 aliphatic heterocycles. The maximum atomic E-state index is 14.0. The molecule has 3 nitrogen and oxygen atoms in total. The van der Waals surface area contributed by atoms with E-state index in [0.29, 0.717) is 28.2 Å². The lowest BCUT2D eigenvalue weighted by Crippen LogP contribution is -2.42. The number of halogens is 3. The molecule has 1 aromatic rings. The topological polar surface area (TPSA) is 23.7 Å². The second-order valence-electron chi connectivity index (χ2n) is 4.84. The van der Waals surface area contributed by atoms with Crippen molar-refractivity contribution < 1.29 is 13.0 Å². The Morgan fingerprint density at radius 1 is 1.53 bits per heavy atom. The van der Waals surface area contributed by atoms with E-state index in [1.807, 2.05) is 13.8 Å². The quantitative estimate of drug-likeness (QED) is 0.762. The van der Waals surface area contributed by atoms with Gasteiger partial charge in [-0.15, -0.1) is 4.68 Å². The maximum absolute atomic E-state index is 14.0. The summed E-state index contributed by atoms with van der Waals surface area (Å²) in [6, 6.07) is 0. The minimum Gasteiger partial charge on any atom is -0.237 e. The Kier molecular flexibility index (Phi) is 3.99. The molecule has 1 heterocycles. The normalized spacial score (nSPS) is 22.0. The summed E-state index contributed by atoms with van der Waals surface area (Å²) >= 11 is 3.27. The molecule has 1 aliphatic carbocycles. The maximum Gasteiger partial charge on any atom is 0.348 e. The Labute approximate surface area is 118 Å². The van der Waals surface area contributed by atoms with Crippen LogP contribution < -0.4 is 9.72 Å². The van der Waals surface area contributed by atoms with Crippen LogP contribution in [0.3, 0.4) is 0 Å². The molecule has 102 valence electrons. The molecule has 2 rings (SSSR count). The number of nitrogens with zero attached hydrogens (tertiary/aromatic N) is 3. The van der Waals surface area contributed by atoms with Crippen LogP contribution in [0.2, 0.25) is 0 Å². The van der Waals surface area contributed by atoms with Crippen molar-refractivity contribution in [2.75, 3.05) is 0 Å². The van der Waals surface area contributed by atoms with Gasteiger partial charge in [-0.25, -0.2) is 8.78 Å². The molecule has 0 fully saturated rings. The average Bonchev–Trinajstić information content (AvgIpc) is 2.55. The first kappa shape index (κ1) is 14.1. The van der Waals surface area contributed by atoms with E-state index in [2.05, 4.69) is 27.7 Å². The molecule has 1 atom stereocenters. The van der Waals surface area contributed by atoms with Gasteiger partial charge in [-0.1, -0.05) is 13.8 Å². The van der Waals surface area contributed by atoms with Crippen molar-refractivity contribution in [2.45, 2.75) is 26.6 Å². The van der Waals surface area contributed by atoms with Gasteiger partial charge in [-0.05, 0) is 24.1 Å². The third-order valence-corrected chi connectivity index (χ3v) is 3.33. The second-order valence-corrected chi connectivity index (χ2v) is 5.55. The van der Waals surface area contributed by atoms with E-state index in [4.69, 9.17) is 0 Å². The van der Waals surface area contributed by atoms with E-state index in [-0.39, 0.29) is 0 Å². The van der Waals surface area contributed by atoms with Crippen molar-refractivity contribution in [3.05, 3.63) is 41.0 Å². The minimum absolute atomic E-state index is 0.351. The van der Waals surface area contributed by atoms with Crippen molar-refractivity contribution in [1.82, 2.24) is 9.78 Å². The van der Waals surface area contributed by atoms with Crippen LogP contribution in [0.25, 0.3) is 5.57 Å². The molecule has 19 heavy (non-hydrogen) atoms. The highest BCUT2D eigenvalue weighted by Gasteiger charge is 2.23. The molecular weight excluding hydrogens is 316 g/mol. The fourth-order valence-corrected chi connectivity index (χ4v) is 2.31. The summed E-state index contributed by atoms with van der Waals surface area (Å²) in [5, 5.41) is 4.28. The molecule has 6 heteroatoms. The summed E-state index contributed by atoms with van der Waals surface area (Å²) in [6.07, 6.45) is 2.12. The summed E-state index contributed by atoms with van der Waals surface area (Å²) < 4.78 is 30.7. The Morgan fingerprint density at radius 2 is 2.21 bits per heavy atom. The van der Waals surface area contributed by atoms with Crippen LogP contribution in [0.5, 0.6) is 0 Å². The van der Waals surface area contributed by atoms with E-state index in [0.717, 1.165) is 6.08 Å². The van der Waals surface area contributed by atoms with Crippen LogP contribution in [0, 0.1) is 12.6 Å². The second kappa shape index (κ2) is 5.36. The first-order valence-electron chi connectivity index (χ1n) is 5.96. The van der Waals surface area contributed by atoms with Gasteiger partial charge in [-0.2, -0.15) is 4.24 Å². The molecule has 0 aromatic carbocycles. The van der Waals surface area contributed by atoms with Gasteiger partial charge in [-0.3, -0.25) is 0 Å². The van der Waals surface area contributed by atoms with Crippen LogP contribution in [0.15, 0.2) is 28.8 Å². The standard InChI is InChI=1S/C13H15BrF2N3/c1-8(2)7-19-12(18(3)13(14)17-19)10-5-4-9(15)6-11(10)16/h4-6,8,11H,3,7H2,1-2H3/q+1/b12-10-. The van der Waals surface area contributed by atoms with E-state index in [1.54, 1.807) is 4.68 Å². The van der Waals surface area contributed by atoms with Gasteiger partial charge in [0.2, 0.25) is 0 Å². The summed E-state index contributed by atoms with van der Waals surface area (Å²) in [5.74, 6) is -0.218. The number of alkyl halides is 1. The summed E-state index contributed by atoms with van der Waals surface area (Å²) in [6.45, 7) is 8.54. The fourth-order valence-electron chi connectivity index (χ4n) is 1.95. The zero-order valence-electron chi connectivity index (χ0n) is 10.8. The predicted molar refractivity (Wildman–Crippen MR) is 72.0 cm³/mol. The molecule has 0 amide bonds. The highest BCUT2D eigenvalue weighted by Crippen LogP contribution is 2.19. The first-order valence-corrected chi connectivity index (χ1v) is 6.75. The molecule has 1 aliphatic rings. The van der Waals surface area contributed by atoms with Crippen molar-refractivity contribution in [1.29, 1.82) is 0 Å².